The Labute approximate surface area is 181 Å². The Balaban J connectivity index is 1.47. The van der Waals surface area contributed by atoms with Crippen molar-refractivity contribution in [1.82, 2.24) is 14.4 Å². The highest BCUT2D eigenvalue weighted by Crippen LogP contribution is 2.40. The summed E-state index contributed by atoms with van der Waals surface area (Å²) in [6.45, 7) is 4.20. The van der Waals surface area contributed by atoms with Gasteiger partial charge < -0.3 is 9.26 Å². The molecule has 2 fully saturated rings. The Morgan fingerprint density at radius 3 is 2.74 bits per heavy atom. The lowest BCUT2D eigenvalue weighted by Crippen LogP contribution is -2.42. The molecule has 2 aromatic rings. The number of carbonyl (C=O) groups is 1. The summed E-state index contributed by atoms with van der Waals surface area (Å²) in [7, 11) is -3.65. The summed E-state index contributed by atoms with van der Waals surface area (Å²) < 4.78 is 39.2. The molecule has 31 heavy (non-hydrogen) atoms. The third-order valence-electron chi connectivity index (χ3n) is 6.24. The molecule has 0 radical (unpaired) electrons. The molecule has 1 aromatic carbocycles. The van der Waals surface area contributed by atoms with Crippen molar-refractivity contribution in [3.8, 4) is 5.75 Å². The number of hydrogen-bond donors (Lipinski definition) is 0. The first-order valence-electron chi connectivity index (χ1n) is 10.8. The van der Waals surface area contributed by atoms with E-state index in [0.29, 0.717) is 41.2 Å². The topological polar surface area (TPSA) is 106 Å². The normalized spacial score (nSPS) is 22.3. The molecule has 1 saturated heterocycles. The van der Waals surface area contributed by atoms with Crippen molar-refractivity contribution >= 4 is 21.6 Å². The molecule has 1 aliphatic carbocycles. The SMILES string of the molecule is Cc1cc2c(cc1S(=O)(=O)N1CCCCC1C)OCC(=O)N2Cc1noc(C2CC2)n1. The molecule has 1 saturated carbocycles. The molecule has 166 valence electrons. The Hall–Kier alpha value is -2.46. The zero-order valence-electron chi connectivity index (χ0n) is 17.7. The van der Waals surface area contributed by atoms with Gasteiger partial charge in [0.15, 0.2) is 12.4 Å². The van der Waals surface area contributed by atoms with Crippen LogP contribution in [0.2, 0.25) is 0 Å². The maximum Gasteiger partial charge on any atom is 0.265 e. The van der Waals surface area contributed by atoms with Gasteiger partial charge in [-0.1, -0.05) is 11.6 Å². The fourth-order valence-corrected chi connectivity index (χ4v) is 6.23. The van der Waals surface area contributed by atoms with Crippen molar-refractivity contribution in [2.75, 3.05) is 18.1 Å². The number of benzene rings is 1. The number of rotatable bonds is 5. The average Bonchev–Trinajstić information content (AvgIpc) is 3.49. The smallest absolute Gasteiger partial charge is 0.265 e. The van der Waals surface area contributed by atoms with E-state index in [-0.39, 0.29) is 30.0 Å². The van der Waals surface area contributed by atoms with Crippen LogP contribution in [0.15, 0.2) is 21.6 Å². The largest absolute Gasteiger partial charge is 0.482 e. The van der Waals surface area contributed by atoms with Gasteiger partial charge in [0.25, 0.3) is 5.91 Å². The number of ether oxygens (including phenoxy) is 1. The molecule has 9 nitrogen and oxygen atoms in total. The molecule has 0 N–H and O–H groups in total. The van der Waals surface area contributed by atoms with Crippen molar-refractivity contribution < 1.29 is 22.5 Å². The van der Waals surface area contributed by atoms with Gasteiger partial charge in [-0.05, 0) is 51.2 Å². The number of aromatic nitrogens is 2. The highest BCUT2D eigenvalue weighted by Gasteiger charge is 2.35. The van der Waals surface area contributed by atoms with Gasteiger partial charge in [0.2, 0.25) is 15.9 Å². The lowest BCUT2D eigenvalue weighted by Gasteiger charge is -2.34. The van der Waals surface area contributed by atoms with Gasteiger partial charge in [0.05, 0.1) is 17.1 Å². The first-order valence-corrected chi connectivity index (χ1v) is 12.2. The molecule has 0 bridgehead atoms. The Bertz CT molecular complexity index is 1120. The third kappa shape index (κ3) is 3.71. The van der Waals surface area contributed by atoms with Crippen LogP contribution in [0.3, 0.4) is 0 Å². The predicted octanol–water partition coefficient (Wildman–Crippen LogP) is 2.74. The number of carbonyl (C=O) groups excluding carboxylic acids is 1. The second kappa shape index (κ2) is 7.59. The summed E-state index contributed by atoms with van der Waals surface area (Å²) >= 11 is 0. The molecule has 5 rings (SSSR count). The van der Waals surface area contributed by atoms with E-state index in [1.54, 1.807) is 23.4 Å². The molecule has 1 unspecified atom stereocenters. The highest BCUT2D eigenvalue weighted by atomic mass is 32.2. The lowest BCUT2D eigenvalue weighted by molar-refractivity contribution is -0.121. The average molecular weight is 447 g/mol. The number of anilines is 1. The van der Waals surface area contributed by atoms with Crippen molar-refractivity contribution in [1.29, 1.82) is 0 Å². The maximum atomic E-state index is 13.4. The van der Waals surface area contributed by atoms with Gasteiger partial charge in [0, 0.05) is 24.6 Å². The van der Waals surface area contributed by atoms with Gasteiger partial charge >= 0.3 is 0 Å². The van der Waals surface area contributed by atoms with Crippen molar-refractivity contribution in [3.63, 3.8) is 0 Å². The summed E-state index contributed by atoms with van der Waals surface area (Å²) in [4.78, 5) is 18.8. The number of fused-ring (bicyclic) bond motifs is 1. The van der Waals surface area contributed by atoms with Gasteiger partial charge in [-0.25, -0.2) is 8.42 Å². The Morgan fingerprint density at radius 2 is 2.00 bits per heavy atom. The molecular weight excluding hydrogens is 420 g/mol. The predicted molar refractivity (Wildman–Crippen MR) is 111 cm³/mol. The molecule has 1 atom stereocenters. The molecule has 0 spiro atoms. The minimum absolute atomic E-state index is 0.0351. The molecule has 3 heterocycles. The fourth-order valence-electron chi connectivity index (χ4n) is 4.31. The minimum atomic E-state index is -3.65. The maximum absolute atomic E-state index is 13.4. The first-order chi connectivity index (χ1) is 14.8. The van der Waals surface area contributed by atoms with E-state index in [2.05, 4.69) is 10.1 Å². The second-order valence-electron chi connectivity index (χ2n) is 8.64. The van der Waals surface area contributed by atoms with E-state index in [0.717, 1.165) is 32.1 Å². The van der Waals surface area contributed by atoms with Crippen LogP contribution in [0.25, 0.3) is 0 Å². The van der Waals surface area contributed by atoms with E-state index in [4.69, 9.17) is 9.26 Å². The first kappa shape index (κ1) is 20.4. The molecule has 2 aliphatic heterocycles. The molecule has 3 aliphatic rings. The van der Waals surface area contributed by atoms with Crippen molar-refractivity contribution in [2.24, 2.45) is 0 Å². The minimum Gasteiger partial charge on any atom is -0.482 e. The third-order valence-corrected chi connectivity index (χ3v) is 8.39. The van der Waals surface area contributed by atoms with Crippen LogP contribution in [0, 0.1) is 6.92 Å². The summed E-state index contributed by atoms with van der Waals surface area (Å²) in [5, 5.41) is 4.00. The summed E-state index contributed by atoms with van der Waals surface area (Å²) in [5.74, 6) is 1.52. The highest BCUT2D eigenvalue weighted by molar-refractivity contribution is 7.89. The van der Waals surface area contributed by atoms with E-state index in [9.17, 15) is 13.2 Å². The van der Waals surface area contributed by atoms with Gasteiger partial charge in [-0.2, -0.15) is 9.29 Å². The summed E-state index contributed by atoms with van der Waals surface area (Å²) in [6, 6.07) is 3.22. The molecular formula is C21H26N4O5S. The Kier molecular flexibility index (Phi) is 5.01. The second-order valence-corrected chi connectivity index (χ2v) is 10.5. The van der Waals surface area contributed by atoms with Crippen LogP contribution in [-0.4, -0.2) is 48.0 Å². The number of piperidine rings is 1. The molecule has 1 aromatic heterocycles. The van der Waals surface area contributed by atoms with Crippen LogP contribution in [0.5, 0.6) is 5.75 Å². The molecule has 10 heteroatoms. The van der Waals surface area contributed by atoms with Crippen LogP contribution >= 0.6 is 0 Å². The fraction of sp³-hybridized carbons (Fsp3) is 0.571. The quantitative estimate of drug-likeness (QED) is 0.695. The molecule has 1 amide bonds. The lowest BCUT2D eigenvalue weighted by atomic mass is 10.1. The Morgan fingerprint density at radius 1 is 1.19 bits per heavy atom. The number of hydrogen-bond acceptors (Lipinski definition) is 7. The van der Waals surface area contributed by atoms with Crippen LogP contribution < -0.4 is 9.64 Å². The standard InChI is InChI=1S/C21H26N4O5S/c1-13-9-16-17(10-18(13)31(27,28)25-8-4-3-5-14(25)2)29-12-20(26)24(16)11-19-22-21(30-23-19)15-6-7-15/h9-10,14-15H,3-8,11-12H2,1-2H3. The number of amides is 1. The number of nitrogens with zero attached hydrogens (tertiary/aromatic N) is 4. The van der Waals surface area contributed by atoms with Gasteiger partial charge in [0.1, 0.15) is 5.75 Å². The van der Waals surface area contributed by atoms with Crippen LogP contribution in [-0.2, 0) is 21.4 Å². The van der Waals surface area contributed by atoms with Crippen LogP contribution in [0.1, 0.15) is 62.2 Å². The number of aryl methyl sites for hydroxylation is 1. The summed E-state index contributed by atoms with van der Waals surface area (Å²) in [6.07, 6.45) is 4.85. The van der Waals surface area contributed by atoms with E-state index in [1.165, 1.54) is 4.90 Å². The zero-order valence-corrected chi connectivity index (χ0v) is 18.5. The van der Waals surface area contributed by atoms with Crippen molar-refractivity contribution in [3.05, 3.63) is 29.4 Å². The monoisotopic (exact) mass is 446 g/mol. The van der Waals surface area contributed by atoms with E-state index >= 15 is 0 Å². The van der Waals surface area contributed by atoms with E-state index in [1.807, 2.05) is 6.92 Å². The summed E-state index contributed by atoms with van der Waals surface area (Å²) in [5.41, 5.74) is 1.10. The number of sulfonamides is 1. The van der Waals surface area contributed by atoms with Gasteiger partial charge in [-0.15, -0.1) is 0 Å². The van der Waals surface area contributed by atoms with E-state index < -0.39 is 10.0 Å². The van der Waals surface area contributed by atoms with Gasteiger partial charge in [-0.3, -0.25) is 9.69 Å². The van der Waals surface area contributed by atoms with Crippen molar-refractivity contribution in [2.45, 2.75) is 69.4 Å². The zero-order chi connectivity index (χ0) is 21.8. The van der Waals surface area contributed by atoms with Crippen LogP contribution in [0.4, 0.5) is 5.69 Å².